The molecule has 1 unspecified atom stereocenters. The van der Waals surface area contributed by atoms with Crippen LogP contribution in [0.15, 0.2) is 11.7 Å². The number of hydrogen-bond donors (Lipinski definition) is 2. The predicted molar refractivity (Wildman–Crippen MR) is 57.3 cm³/mol. The third-order valence-corrected chi connectivity index (χ3v) is 2.56. The Kier molecular flexibility index (Phi) is 2.55. The highest BCUT2D eigenvalue weighted by Crippen LogP contribution is 2.15. The van der Waals surface area contributed by atoms with Crippen molar-refractivity contribution < 1.29 is 0 Å². The molecule has 14 heavy (non-hydrogen) atoms. The van der Waals surface area contributed by atoms with Crippen LogP contribution in [0.4, 0.5) is 5.95 Å². The van der Waals surface area contributed by atoms with Crippen molar-refractivity contribution in [2.24, 2.45) is 5.73 Å². The maximum Gasteiger partial charge on any atom is 0.224 e. The Bertz CT molecular complexity index is 426. The third kappa shape index (κ3) is 1.80. The predicted octanol–water partition coefficient (Wildman–Crippen LogP) is 0.845. The average molecular weight is 209 g/mol. The average Bonchev–Trinajstić information content (AvgIpc) is 2.64. The molecule has 5 nitrogen and oxygen atoms in total. The Morgan fingerprint density at radius 1 is 1.57 bits per heavy atom. The van der Waals surface area contributed by atoms with Crippen molar-refractivity contribution in [1.29, 1.82) is 0 Å². The van der Waals surface area contributed by atoms with Crippen molar-refractivity contribution in [2.45, 2.75) is 13.0 Å². The Balaban J connectivity index is 2.25. The molecule has 0 bridgehead atoms. The fourth-order valence-electron chi connectivity index (χ4n) is 1.02. The molecule has 0 radical (unpaired) electrons. The van der Waals surface area contributed by atoms with Gasteiger partial charge >= 0.3 is 0 Å². The summed E-state index contributed by atoms with van der Waals surface area (Å²) < 4.78 is 0. The SMILES string of the molecule is CC(CN)Nc1ncc2ncsc2n1. The molecule has 2 rings (SSSR count). The highest BCUT2D eigenvalue weighted by molar-refractivity contribution is 7.16. The van der Waals surface area contributed by atoms with Crippen LogP contribution in [0.25, 0.3) is 10.3 Å². The van der Waals surface area contributed by atoms with Crippen molar-refractivity contribution >= 4 is 27.6 Å². The zero-order valence-electron chi connectivity index (χ0n) is 7.77. The molecule has 2 aromatic heterocycles. The Hall–Kier alpha value is -1.27. The molecule has 0 saturated heterocycles. The van der Waals surface area contributed by atoms with Gasteiger partial charge in [-0.15, -0.1) is 11.3 Å². The van der Waals surface area contributed by atoms with Crippen molar-refractivity contribution in [1.82, 2.24) is 15.0 Å². The van der Waals surface area contributed by atoms with E-state index in [0.717, 1.165) is 10.3 Å². The molecule has 1 atom stereocenters. The normalized spacial score (nSPS) is 13.0. The van der Waals surface area contributed by atoms with E-state index in [1.165, 1.54) is 11.3 Å². The molecule has 0 amide bonds. The van der Waals surface area contributed by atoms with Gasteiger partial charge in [0.05, 0.1) is 11.7 Å². The smallest absolute Gasteiger partial charge is 0.224 e. The van der Waals surface area contributed by atoms with Gasteiger partial charge in [-0.05, 0) is 6.92 Å². The largest absolute Gasteiger partial charge is 0.350 e. The summed E-state index contributed by atoms with van der Waals surface area (Å²) in [6, 6.07) is 0.181. The van der Waals surface area contributed by atoms with Crippen LogP contribution in [0.5, 0.6) is 0 Å². The standard InChI is InChI=1S/C8H11N5S/c1-5(2-9)12-8-10-3-6-7(13-8)14-4-11-6/h3-5H,2,9H2,1H3,(H,10,12,13). The van der Waals surface area contributed by atoms with Crippen LogP contribution in [-0.4, -0.2) is 27.5 Å². The molecular weight excluding hydrogens is 198 g/mol. The number of rotatable bonds is 3. The zero-order chi connectivity index (χ0) is 9.97. The summed E-state index contributed by atoms with van der Waals surface area (Å²) in [5.41, 5.74) is 8.08. The monoisotopic (exact) mass is 209 g/mol. The molecule has 0 spiro atoms. The van der Waals surface area contributed by atoms with E-state index in [0.29, 0.717) is 12.5 Å². The maximum absolute atomic E-state index is 5.48. The van der Waals surface area contributed by atoms with Gasteiger partial charge in [-0.2, -0.15) is 0 Å². The van der Waals surface area contributed by atoms with Crippen LogP contribution in [0, 0.1) is 0 Å². The van der Waals surface area contributed by atoms with E-state index in [4.69, 9.17) is 5.73 Å². The number of fused-ring (bicyclic) bond motifs is 1. The van der Waals surface area contributed by atoms with Gasteiger partial charge in [-0.3, -0.25) is 0 Å². The molecule has 3 N–H and O–H groups in total. The first-order valence-corrected chi connectivity index (χ1v) is 5.20. The second kappa shape index (κ2) is 3.85. The number of anilines is 1. The first-order chi connectivity index (χ1) is 6.79. The van der Waals surface area contributed by atoms with Crippen LogP contribution in [-0.2, 0) is 0 Å². The fourth-order valence-corrected chi connectivity index (χ4v) is 1.65. The molecule has 2 aromatic rings. The lowest BCUT2D eigenvalue weighted by atomic mass is 10.3. The molecule has 0 aromatic carbocycles. The number of thiazole rings is 1. The van der Waals surface area contributed by atoms with Crippen molar-refractivity contribution in [3.05, 3.63) is 11.7 Å². The van der Waals surface area contributed by atoms with E-state index >= 15 is 0 Å². The minimum Gasteiger partial charge on any atom is -0.350 e. The maximum atomic E-state index is 5.48. The van der Waals surface area contributed by atoms with Gasteiger partial charge in [0.2, 0.25) is 5.95 Å². The Labute approximate surface area is 85.4 Å². The van der Waals surface area contributed by atoms with E-state index in [2.05, 4.69) is 20.3 Å². The van der Waals surface area contributed by atoms with Crippen molar-refractivity contribution in [3.63, 3.8) is 0 Å². The molecule has 0 fully saturated rings. The molecule has 2 heterocycles. The molecule has 0 saturated carbocycles. The zero-order valence-corrected chi connectivity index (χ0v) is 8.58. The van der Waals surface area contributed by atoms with Crippen LogP contribution in [0.3, 0.4) is 0 Å². The van der Waals surface area contributed by atoms with Crippen LogP contribution in [0.1, 0.15) is 6.92 Å². The molecule has 0 aliphatic heterocycles. The van der Waals surface area contributed by atoms with Gasteiger partial charge < -0.3 is 11.1 Å². The minimum atomic E-state index is 0.181. The summed E-state index contributed by atoms with van der Waals surface area (Å²) in [7, 11) is 0. The van der Waals surface area contributed by atoms with Crippen LogP contribution >= 0.6 is 11.3 Å². The van der Waals surface area contributed by atoms with Crippen LogP contribution < -0.4 is 11.1 Å². The molecule has 0 aliphatic carbocycles. The second-order valence-corrected chi connectivity index (χ2v) is 3.85. The second-order valence-electron chi connectivity index (χ2n) is 3.02. The summed E-state index contributed by atoms with van der Waals surface area (Å²) in [6.45, 7) is 2.55. The number of aromatic nitrogens is 3. The van der Waals surface area contributed by atoms with E-state index in [9.17, 15) is 0 Å². The highest BCUT2D eigenvalue weighted by atomic mass is 32.1. The highest BCUT2D eigenvalue weighted by Gasteiger charge is 2.04. The van der Waals surface area contributed by atoms with E-state index < -0.39 is 0 Å². The van der Waals surface area contributed by atoms with Gasteiger partial charge in [-0.25, -0.2) is 15.0 Å². The molecule has 0 aliphatic rings. The molecule has 74 valence electrons. The lowest BCUT2D eigenvalue weighted by Crippen LogP contribution is -2.26. The first kappa shape index (κ1) is 9.29. The van der Waals surface area contributed by atoms with Crippen LogP contribution in [0.2, 0.25) is 0 Å². The number of nitrogens with zero attached hydrogens (tertiary/aromatic N) is 3. The quantitative estimate of drug-likeness (QED) is 0.783. The Morgan fingerprint density at radius 3 is 3.21 bits per heavy atom. The van der Waals surface area contributed by atoms with E-state index in [1.54, 1.807) is 11.7 Å². The van der Waals surface area contributed by atoms with Gasteiger partial charge in [0.25, 0.3) is 0 Å². The van der Waals surface area contributed by atoms with Gasteiger partial charge in [0.15, 0.2) is 0 Å². The summed E-state index contributed by atoms with van der Waals surface area (Å²) in [5, 5.41) is 3.11. The van der Waals surface area contributed by atoms with E-state index in [1.807, 2.05) is 6.92 Å². The van der Waals surface area contributed by atoms with Crippen molar-refractivity contribution in [3.8, 4) is 0 Å². The summed E-state index contributed by atoms with van der Waals surface area (Å²) in [6.07, 6.45) is 1.71. The van der Waals surface area contributed by atoms with E-state index in [-0.39, 0.29) is 6.04 Å². The lowest BCUT2D eigenvalue weighted by Gasteiger charge is -2.09. The number of nitrogens with two attached hydrogens (primary N) is 1. The van der Waals surface area contributed by atoms with Gasteiger partial charge in [0.1, 0.15) is 10.3 Å². The minimum absolute atomic E-state index is 0.181. The molecular formula is C8H11N5S. The summed E-state index contributed by atoms with van der Waals surface area (Å²) >= 11 is 1.50. The van der Waals surface area contributed by atoms with Crippen molar-refractivity contribution in [2.75, 3.05) is 11.9 Å². The number of nitrogens with one attached hydrogen (secondary N) is 1. The lowest BCUT2D eigenvalue weighted by molar-refractivity contribution is 0.792. The topological polar surface area (TPSA) is 76.7 Å². The summed E-state index contributed by atoms with van der Waals surface area (Å²) in [5.74, 6) is 0.611. The summed E-state index contributed by atoms with van der Waals surface area (Å²) in [4.78, 5) is 13.4. The van der Waals surface area contributed by atoms with Gasteiger partial charge in [0, 0.05) is 12.6 Å². The first-order valence-electron chi connectivity index (χ1n) is 4.32. The third-order valence-electron chi connectivity index (χ3n) is 1.82. The van der Waals surface area contributed by atoms with Gasteiger partial charge in [-0.1, -0.05) is 0 Å². The fraction of sp³-hybridized carbons (Fsp3) is 0.375. The number of hydrogen-bond acceptors (Lipinski definition) is 6. The Morgan fingerprint density at radius 2 is 2.43 bits per heavy atom. The molecule has 6 heteroatoms.